The van der Waals surface area contributed by atoms with Crippen LogP contribution in [0.3, 0.4) is 0 Å². The third-order valence-electron chi connectivity index (χ3n) is 4.39. The van der Waals surface area contributed by atoms with Crippen LogP contribution in [0.2, 0.25) is 0 Å². The number of para-hydroxylation sites is 1. The van der Waals surface area contributed by atoms with E-state index in [0.29, 0.717) is 5.13 Å². The van der Waals surface area contributed by atoms with Gasteiger partial charge in [0.15, 0.2) is 10.3 Å². The topological polar surface area (TPSA) is 67.3 Å². The normalized spacial score (nSPS) is 13.5. The lowest BCUT2D eigenvalue weighted by molar-refractivity contribution is -0.114. The van der Waals surface area contributed by atoms with E-state index < -0.39 is 0 Å². The standard InChI is InChI=1S/C18H20N4O2S2/c1-22(18-21-16-12(24-2)7-5-9-14(16)26-18)10-15(23)20-17-19-11-6-3-4-8-13(11)25-17/h5,7,9H,3-4,6,8,10H2,1-2H3,(H,19,20,23). The highest BCUT2D eigenvalue weighted by Crippen LogP contribution is 2.33. The molecular weight excluding hydrogens is 368 g/mol. The summed E-state index contributed by atoms with van der Waals surface area (Å²) in [5, 5.41) is 4.43. The molecule has 0 bridgehead atoms. The highest BCUT2D eigenvalue weighted by atomic mass is 32.1. The predicted molar refractivity (Wildman–Crippen MR) is 107 cm³/mol. The number of likely N-dealkylation sites (N-methyl/N-ethyl adjacent to an activating group) is 1. The second-order valence-corrected chi connectivity index (χ2v) is 8.40. The number of aryl methyl sites for hydroxylation is 2. The molecule has 1 amide bonds. The summed E-state index contributed by atoms with van der Waals surface area (Å²) in [6, 6.07) is 5.84. The van der Waals surface area contributed by atoms with E-state index in [9.17, 15) is 4.79 Å². The zero-order valence-corrected chi connectivity index (χ0v) is 16.4. The van der Waals surface area contributed by atoms with Gasteiger partial charge in [-0.25, -0.2) is 9.97 Å². The van der Waals surface area contributed by atoms with Crippen LogP contribution in [0.5, 0.6) is 5.75 Å². The molecule has 4 rings (SSSR count). The molecule has 2 heterocycles. The van der Waals surface area contributed by atoms with Crippen molar-refractivity contribution >= 4 is 49.1 Å². The summed E-state index contributed by atoms with van der Waals surface area (Å²) >= 11 is 3.15. The fourth-order valence-electron chi connectivity index (χ4n) is 3.09. The third kappa shape index (κ3) is 3.39. The zero-order valence-electron chi connectivity index (χ0n) is 14.7. The summed E-state index contributed by atoms with van der Waals surface area (Å²) in [7, 11) is 3.51. The van der Waals surface area contributed by atoms with Gasteiger partial charge in [-0.05, 0) is 37.8 Å². The van der Waals surface area contributed by atoms with Gasteiger partial charge in [-0.2, -0.15) is 0 Å². The van der Waals surface area contributed by atoms with Gasteiger partial charge >= 0.3 is 0 Å². The van der Waals surface area contributed by atoms with Crippen LogP contribution >= 0.6 is 22.7 Å². The van der Waals surface area contributed by atoms with Crippen LogP contribution in [0.15, 0.2) is 18.2 Å². The van der Waals surface area contributed by atoms with E-state index in [1.54, 1.807) is 29.8 Å². The molecule has 1 N–H and O–H groups in total. The Bertz CT molecular complexity index is 926. The summed E-state index contributed by atoms with van der Waals surface area (Å²) in [6.07, 6.45) is 4.51. The van der Waals surface area contributed by atoms with E-state index in [1.807, 2.05) is 30.1 Å². The van der Waals surface area contributed by atoms with E-state index in [1.165, 1.54) is 17.7 Å². The molecule has 3 aromatic rings. The number of carbonyl (C=O) groups is 1. The van der Waals surface area contributed by atoms with Crippen LogP contribution in [0.25, 0.3) is 10.2 Å². The number of aromatic nitrogens is 2. The Morgan fingerprint density at radius 3 is 2.92 bits per heavy atom. The first kappa shape index (κ1) is 17.2. The number of nitrogens with one attached hydrogen (secondary N) is 1. The van der Waals surface area contributed by atoms with Crippen LogP contribution in [-0.4, -0.2) is 36.6 Å². The molecule has 0 aliphatic heterocycles. The summed E-state index contributed by atoms with van der Waals surface area (Å²) < 4.78 is 6.40. The van der Waals surface area contributed by atoms with Gasteiger partial charge in [0.2, 0.25) is 5.91 Å². The second kappa shape index (κ2) is 7.20. The monoisotopic (exact) mass is 388 g/mol. The molecule has 1 aliphatic carbocycles. The summed E-state index contributed by atoms with van der Waals surface area (Å²) in [5.41, 5.74) is 1.98. The van der Waals surface area contributed by atoms with Gasteiger partial charge in [-0.1, -0.05) is 17.4 Å². The van der Waals surface area contributed by atoms with Gasteiger partial charge < -0.3 is 15.0 Å². The Balaban J connectivity index is 1.45. The molecule has 0 saturated heterocycles. The Kier molecular flexibility index (Phi) is 4.78. The fourth-order valence-corrected chi connectivity index (χ4v) is 5.10. The molecule has 6 nitrogen and oxygen atoms in total. The van der Waals surface area contributed by atoms with Gasteiger partial charge in [0.1, 0.15) is 11.3 Å². The number of thiazole rings is 2. The Labute approximate surface area is 159 Å². The van der Waals surface area contributed by atoms with Gasteiger partial charge in [0, 0.05) is 11.9 Å². The number of methoxy groups -OCH3 is 1. The summed E-state index contributed by atoms with van der Waals surface area (Å²) in [6.45, 7) is 0.229. The largest absolute Gasteiger partial charge is 0.494 e. The van der Waals surface area contributed by atoms with Crippen molar-refractivity contribution in [2.24, 2.45) is 0 Å². The van der Waals surface area contributed by atoms with Crippen LogP contribution in [0.4, 0.5) is 10.3 Å². The number of benzene rings is 1. The van der Waals surface area contributed by atoms with E-state index in [4.69, 9.17) is 4.74 Å². The number of hydrogen-bond acceptors (Lipinski definition) is 7. The highest BCUT2D eigenvalue weighted by molar-refractivity contribution is 7.22. The van der Waals surface area contributed by atoms with Gasteiger partial charge in [0.05, 0.1) is 24.0 Å². The van der Waals surface area contributed by atoms with Gasteiger partial charge in [0.25, 0.3) is 0 Å². The molecular formula is C18H20N4O2S2. The van der Waals surface area contributed by atoms with Crippen molar-refractivity contribution in [3.8, 4) is 5.75 Å². The number of nitrogens with zero attached hydrogens (tertiary/aromatic N) is 3. The molecule has 0 saturated carbocycles. The Morgan fingerprint density at radius 2 is 2.12 bits per heavy atom. The number of ether oxygens (including phenoxy) is 1. The molecule has 26 heavy (non-hydrogen) atoms. The first-order valence-electron chi connectivity index (χ1n) is 8.57. The Hall–Kier alpha value is -2.19. The molecule has 0 unspecified atom stereocenters. The van der Waals surface area contributed by atoms with Crippen molar-refractivity contribution < 1.29 is 9.53 Å². The molecule has 8 heteroatoms. The quantitative estimate of drug-likeness (QED) is 0.722. The van der Waals surface area contributed by atoms with Crippen molar-refractivity contribution in [2.45, 2.75) is 25.7 Å². The molecule has 0 spiro atoms. The maximum absolute atomic E-state index is 12.4. The van der Waals surface area contributed by atoms with Crippen molar-refractivity contribution in [3.63, 3.8) is 0 Å². The lowest BCUT2D eigenvalue weighted by atomic mass is 10.0. The van der Waals surface area contributed by atoms with E-state index in [-0.39, 0.29) is 12.5 Å². The van der Waals surface area contributed by atoms with Crippen LogP contribution in [0, 0.1) is 0 Å². The minimum atomic E-state index is -0.0789. The molecule has 1 aliphatic rings. The number of hydrogen-bond donors (Lipinski definition) is 1. The average molecular weight is 389 g/mol. The second-order valence-electron chi connectivity index (χ2n) is 6.30. The summed E-state index contributed by atoms with van der Waals surface area (Å²) in [5.74, 6) is 0.668. The number of anilines is 2. The summed E-state index contributed by atoms with van der Waals surface area (Å²) in [4.78, 5) is 24.8. The maximum atomic E-state index is 12.4. The fraction of sp³-hybridized carbons (Fsp3) is 0.389. The van der Waals surface area contributed by atoms with E-state index in [0.717, 1.165) is 39.6 Å². The molecule has 0 radical (unpaired) electrons. The third-order valence-corrected chi connectivity index (χ3v) is 6.60. The van der Waals surface area contributed by atoms with Crippen LogP contribution < -0.4 is 15.0 Å². The molecule has 2 aromatic heterocycles. The van der Waals surface area contributed by atoms with Crippen LogP contribution in [-0.2, 0) is 17.6 Å². The maximum Gasteiger partial charge on any atom is 0.245 e. The van der Waals surface area contributed by atoms with Crippen molar-refractivity contribution in [1.82, 2.24) is 9.97 Å². The van der Waals surface area contributed by atoms with Crippen molar-refractivity contribution in [3.05, 3.63) is 28.8 Å². The lowest BCUT2D eigenvalue weighted by Crippen LogP contribution is -2.29. The zero-order chi connectivity index (χ0) is 18.1. The number of rotatable bonds is 5. The SMILES string of the molecule is COc1cccc2sc(N(C)CC(=O)Nc3nc4c(s3)CCCC4)nc12. The van der Waals surface area contributed by atoms with Gasteiger partial charge in [-0.15, -0.1) is 11.3 Å². The first-order valence-corrected chi connectivity index (χ1v) is 10.2. The van der Waals surface area contributed by atoms with E-state index in [2.05, 4.69) is 15.3 Å². The van der Waals surface area contributed by atoms with E-state index >= 15 is 0 Å². The first-order chi connectivity index (χ1) is 12.6. The minimum Gasteiger partial charge on any atom is -0.494 e. The molecule has 136 valence electrons. The number of fused-ring (bicyclic) bond motifs is 2. The van der Waals surface area contributed by atoms with Crippen molar-refractivity contribution in [1.29, 1.82) is 0 Å². The Morgan fingerprint density at radius 1 is 1.27 bits per heavy atom. The number of amides is 1. The van der Waals surface area contributed by atoms with Crippen LogP contribution in [0.1, 0.15) is 23.4 Å². The predicted octanol–water partition coefficient (Wildman–Crippen LogP) is 3.72. The van der Waals surface area contributed by atoms with Gasteiger partial charge in [-0.3, -0.25) is 4.79 Å². The smallest absolute Gasteiger partial charge is 0.245 e. The van der Waals surface area contributed by atoms with Crippen molar-refractivity contribution in [2.75, 3.05) is 30.9 Å². The minimum absolute atomic E-state index is 0.0789. The molecule has 0 fully saturated rings. The molecule has 1 aromatic carbocycles. The average Bonchev–Trinajstić information content (AvgIpc) is 3.24. The molecule has 0 atom stereocenters. The number of carbonyl (C=O) groups excluding carboxylic acids is 1. The lowest BCUT2D eigenvalue weighted by Gasteiger charge is -2.14. The highest BCUT2D eigenvalue weighted by Gasteiger charge is 2.18.